The largest absolute Gasteiger partial charge is 0.439 e. The molecule has 0 unspecified atom stereocenters. The maximum atomic E-state index is 12.0. The fourth-order valence-electron chi connectivity index (χ4n) is 2.22. The SMILES string of the molecule is Cc1ccc(CNC(=O)Nc2ccnc(Oc3ccccc3)c2)cc1. The summed E-state index contributed by atoms with van der Waals surface area (Å²) in [6.07, 6.45) is 1.59. The molecule has 0 aliphatic carbocycles. The molecule has 2 aromatic carbocycles. The van der Waals surface area contributed by atoms with Gasteiger partial charge in [0.05, 0.1) is 0 Å². The lowest BCUT2D eigenvalue weighted by Gasteiger charge is -2.09. The van der Waals surface area contributed by atoms with Crippen molar-refractivity contribution in [2.24, 2.45) is 0 Å². The Morgan fingerprint density at radius 2 is 1.80 bits per heavy atom. The smallest absolute Gasteiger partial charge is 0.319 e. The average Bonchev–Trinajstić information content (AvgIpc) is 2.62. The van der Waals surface area contributed by atoms with E-state index >= 15 is 0 Å². The quantitative estimate of drug-likeness (QED) is 0.722. The Labute approximate surface area is 146 Å². The van der Waals surface area contributed by atoms with Crippen molar-refractivity contribution in [3.63, 3.8) is 0 Å². The van der Waals surface area contributed by atoms with E-state index in [0.717, 1.165) is 5.56 Å². The Kier molecular flexibility index (Phi) is 5.26. The molecule has 3 rings (SSSR count). The zero-order valence-electron chi connectivity index (χ0n) is 13.9. The number of hydrogen-bond donors (Lipinski definition) is 2. The van der Waals surface area contributed by atoms with Crippen molar-refractivity contribution < 1.29 is 9.53 Å². The van der Waals surface area contributed by atoms with Gasteiger partial charge in [0.25, 0.3) is 0 Å². The van der Waals surface area contributed by atoms with Crippen molar-refractivity contribution in [3.05, 3.63) is 84.1 Å². The van der Waals surface area contributed by atoms with Gasteiger partial charge >= 0.3 is 6.03 Å². The van der Waals surface area contributed by atoms with Crippen molar-refractivity contribution in [1.29, 1.82) is 0 Å². The molecule has 0 saturated heterocycles. The third-order valence-corrected chi connectivity index (χ3v) is 3.53. The summed E-state index contributed by atoms with van der Waals surface area (Å²) in [6.45, 7) is 2.49. The summed E-state index contributed by atoms with van der Waals surface area (Å²) in [5, 5.41) is 5.60. The van der Waals surface area contributed by atoms with Gasteiger partial charge in [-0.25, -0.2) is 9.78 Å². The van der Waals surface area contributed by atoms with E-state index in [0.29, 0.717) is 23.9 Å². The first-order chi connectivity index (χ1) is 12.2. The van der Waals surface area contributed by atoms with Crippen LogP contribution >= 0.6 is 0 Å². The minimum atomic E-state index is -0.280. The second kappa shape index (κ2) is 7.97. The van der Waals surface area contributed by atoms with Gasteiger partial charge in [0, 0.05) is 24.5 Å². The molecule has 0 bridgehead atoms. The van der Waals surface area contributed by atoms with E-state index < -0.39 is 0 Å². The Morgan fingerprint density at radius 3 is 2.56 bits per heavy atom. The number of nitrogens with one attached hydrogen (secondary N) is 2. The van der Waals surface area contributed by atoms with E-state index in [9.17, 15) is 4.79 Å². The molecule has 25 heavy (non-hydrogen) atoms. The van der Waals surface area contributed by atoms with E-state index in [4.69, 9.17) is 4.74 Å². The van der Waals surface area contributed by atoms with Crippen LogP contribution in [0.5, 0.6) is 11.6 Å². The van der Waals surface area contributed by atoms with Gasteiger partial charge in [0.15, 0.2) is 0 Å². The first kappa shape index (κ1) is 16.5. The first-order valence-corrected chi connectivity index (χ1v) is 7.98. The lowest BCUT2D eigenvalue weighted by molar-refractivity contribution is 0.251. The van der Waals surface area contributed by atoms with Crippen molar-refractivity contribution in [3.8, 4) is 11.6 Å². The predicted molar refractivity (Wildman–Crippen MR) is 97.8 cm³/mol. The monoisotopic (exact) mass is 333 g/mol. The molecule has 3 aromatic rings. The summed E-state index contributed by atoms with van der Waals surface area (Å²) in [6, 6.07) is 20.5. The van der Waals surface area contributed by atoms with Crippen LogP contribution < -0.4 is 15.4 Å². The number of anilines is 1. The number of carbonyl (C=O) groups excluding carboxylic acids is 1. The fraction of sp³-hybridized carbons (Fsp3) is 0.100. The van der Waals surface area contributed by atoms with Crippen LogP contribution in [0.25, 0.3) is 0 Å². The van der Waals surface area contributed by atoms with Crippen molar-refractivity contribution >= 4 is 11.7 Å². The number of pyridine rings is 1. The maximum absolute atomic E-state index is 12.0. The summed E-state index contributed by atoms with van der Waals surface area (Å²) in [5.74, 6) is 1.11. The van der Waals surface area contributed by atoms with Crippen molar-refractivity contribution in [2.45, 2.75) is 13.5 Å². The number of hydrogen-bond acceptors (Lipinski definition) is 3. The van der Waals surface area contributed by atoms with Crippen molar-refractivity contribution in [1.82, 2.24) is 10.3 Å². The lowest BCUT2D eigenvalue weighted by atomic mass is 10.1. The molecular weight excluding hydrogens is 314 g/mol. The molecule has 0 radical (unpaired) electrons. The standard InChI is InChI=1S/C20H19N3O2/c1-15-7-9-16(10-8-15)14-22-20(24)23-17-11-12-21-19(13-17)25-18-5-3-2-4-6-18/h2-13H,14H2,1H3,(H2,21,22,23,24). The molecule has 0 saturated carbocycles. The van der Waals surface area contributed by atoms with Gasteiger partial charge in [-0.2, -0.15) is 0 Å². The van der Waals surface area contributed by atoms with Crippen LogP contribution in [-0.2, 0) is 6.54 Å². The molecule has 5 nitrogen and oxygen atoms in total. The minimum absolute atomic E-state index is 0.280. The van der Waals surface area contributed by atoms with Gasteiger partial charge in [-0.3, -0.25) is 0 Å². The van der Waals surface area contributed by atoms with Gasteiger partial charge < -0.3 is 15.4 Å². The second-order valence-corrected chi connectivity index (χ2v) is 5.59. The lowest BCUT2D eigenvalue weighted by Crippen LogP contribution is -2.28. The zero-order chi connectivity index (χ0) is 17.5. The molecule has 0 aliphatic rings. The number of aryl methyl sites for hydroxylation is 1. The predicted octanol–water partition coefficient (Wildman–Crippen LogP) is 4.50. The van der Waals surface area contributed by atoms with Gasteiger partial charge in [-0.15, -0.1) is 0 Å². The highest BCUT2D eigenvalue weighted by Gasteiger charge is 2.04. The van der Waals surface area contributed by atoms with Crippen LogP contribution in [0.1, 0.15) is 11.1 Å². The topological polar surface area (TPSA) is 63.2 Å². The number of nitrogens with zero attached hydrogens (tertiary/aromatic N) is 1. The Morgan fingerprint density at radius 1 is 1.04 bits per heavy atom. The average molecular weight is 333 g/mol. The summed E-state index contributed by atoms with van der Waals surface area (Å²) in [7, 11) is 0. The van der Waals surface area contributed by atoms with E-state index in [2.05, 4.69) is 15.6 Å². The summed E-state index contributed by atoms with van der Waals surface area (Å²) in [5.41, 5.74) is 2.85. The number of amides is 2. The van der Waals surface area contributed by atoms with Gasteiger partial charge in [-0.05, 0) is 30.7 Å². The second-order valence-electron chi connectivity index (χ2n) is 5.59. The Hall–Kier alpha value is -3.34. The number of carbonyl (C=O) groups is 1. The maximum Gasteiger partial charge on any atom is 0.319 e. The van der Waals surface area contributed by atoms with Crippen LogP contribution in [0.15, 0.2) is 72.9 Å². The van der Waals surface area contributed by atoms with E-state index in [1.807, 2.05) is 61.5 Å². The zero-order valence-corrected chi connectivity index (χ0v) is 13.9. The number of aromatic nitrogens is 1. The Balaban J connectivity index is 1.56. The first-order valence-electron chi connectivity index (χ1n) is 7.98. The fourth-order valence-corrected chi connectivity index (χ4v) is 2.22. The van der Waals surface area contributed by atoms with Gasteiger partial charge in [0.1, 0.15) is 5.75 Å². The van der Waals surface area contributed by atoms with Crippen LogP contribution in [0.3, 0.4) is 0 Å². The molecule has 0 fully saturated rings. The molecule has 0 atom stereocenters. The summed E-state index contributed by atoms with van der Waals surface area (Å²) in [4.78, 5) is 16.2. The third-order valence-electron chi connectivity index (χ3n) is 3.53. The third kappa shape index (κ3) is 5.07. The van der Waals surface area contributed by atoms with Crippen LogP contribution in [0.2, 0.25) is 0 Å². The van der Waals surface area contributed by atoms with Crippen LogP contribution in [-0.4, -0.2) is 11.0 Å². The van der Waals surface area contributed by atoms with E-state index in [-0.39, 0.29) is 6.03 Å². The number of para-hydroxylation sites is 1. The molecular formula is C20H19N3O2. The molecule has 0 spiro atoms. The highest BCUT2D eigenvalue weighted by Crippen LogP contribution is 2.21. The highest BCUT2D eigenvalue weighted by molar-refractivity contribution is 5.89. The number of ether oxygens (including phenoxy) is 1. The molecule has 126 valence electrons. The Bertz CT molecular complexity index is 833. The summed E-state index contributed by atoms with van der Waals surface area (Å²) < 4.78 is 5.66. The van der Waals surface area contributed by atoms with E-state index in [1.165, 1.54) is 5.56 Å². The number of urea groups is 1. The number of rotatable bonds is 5. The molecule has 1 heterocycles. The van der Waals surface area contributed by atoms with Gasteiger partial charge in [-0.1, -0.05) is 48.0 Å². The van der Waals surface area contributed by atoms with Crippen molar-refractivity contribution in [2.75, 3.05) is 5.32 Å². The number of benzene rings is 2. The minimum Gasteiger partial charge on any atom is -0.439 e. The molecule has 0 aliphatic heterocycles. The molecule has 5 heteroatoms. The molecule has 2 amide bonds. The van der Waals surface area contributed by atoms with Crippen LogP contribution in [0, 0.1) is 6.92 Å². The van der Waals surface area contributed by atoms with Gasteiger partial charge in [0.2, 0.25) is 5.88 Å². The molecule has 2 N–H and O–H groups in total. The van der Waals surface area contributed by atoms with Crippen LogP contribution in [0.4, 0.5) is 10.5 Å². The molecule has 1 aromatic heterocycles. The normalized spacial score (nSPS) is 10.1. The highest BCUT2D eigenvalue weighted by atomic mass is 16.5. The summed E-state index contributed by atoms with van der Waals surface area (Å²) >= 11 is 0. The van der Waals surface area contributed by atoms with E-state index in [1.54, 1.807) is 18.3 Å².